The van der Waals surface area contributed by atoms with E-state index in [4.69, 9.17) is 5.73 Å². The molecule has 1 unspecified atom stereocenters. The maximum Gasteiger partial charge on any atom is 0.274 e. The van der Waals surface area contributed by atoms with Crippen molar-refractivity contribution >= 4 is 29.1 Å². The number of hydrogen-bond acceptors (Lipinski definition) is 4. The number of amides is 1. The normalized spacial score (nSPS) is 13.3. The van der Waals surface area contributed by atoms with Gasteiger partial charge in [-0.25, -0.2) is 4.68 Å². The minimum atomic E-state index is -0.539. The minimum absolute atomic E-state index is 0. The number of aromatic nitrogens is 2. The molecule has 0 fully saturated rings. The van der Waals surface area contributed by atoms with Gasteiger partial charge >= 0.3 is 0 Å². The van der Waals surface area contributed by atoms with Crippen LogP contribution in [-0.4, -0.2) is 27.8 Å². The van der Waals surface area contributed by atoms with Crippen molar-refractivity contribution in [2.75, 3.05) is 6.54 Å². The van der Waals surface area contributed by atoms with Crippen LogP contribution in [0.4, 0.5) is 0 Å². The summed E-state index contributed by atoms with van der Waals surface area (Å²) in [5, 5.41) is 8.52. The van der Waals surface area contributed by atoms with Crippen LogP contribution in [-0.2, 0) is 6.54 Å². The molecule has 1 aromatic heterocycles. The smallest absolute Gasteiger partial charge is 0.274 e. The highest BCUT2D eigenvalue weighted by atomic mass is 35.5. The van der Waals surface area contributed by atoms with Crippen LogP contribution in [0, 0.1) is 5.92 Å². The first-order valence-electron chi connectivity index (χ1n) is 9.36. The predicted molar refractivity (Wildman–Crippen MR) is 113 cm³/mol. The first-order valence-corrected chi connectivity index (χ1v) is 9.36. The van der Waals surface area contributed by atoms with Gasteiger partial charge in [0.1, 0.15) is 0 Å². The molecule has 27 heavy (non-hydrogen) atoms. The highest BCUT2D eigenvalue weighted by Crippen LogP contribution is 2.18. The van der Waals surface area contributed by atoms with E-state index in [1.54, 1.807) is 18.2 Å². The number of unbranched alkanes of at least 4 members (excludes halogenated alkanes) is 2. The first-order chi connectivity index (χ1) is 12.3. The highest BCUT2D eigenvalue weighted by Gasteiger charge is 2.30. The van der Waals surface area contributed by atoms with Crippen molar-refractivity contribution < 1.29 is 4.79 Å². The summed E-state index contributed by atoms with van der Waals surface area (Å²) < 4.78 is 1.42. The van der Waals surface area contributed by atoms with E-state index in [9.17, 15) is 9.59 Å². The maximum atomic E-state index is 13.0. The van der Waals surface area contributed by atoms with Crippen molar-refractivity contribution in [1.29, 1.82) is 0 Å². The summed E-state index contributed by atoms with van der Waals surface area (Å²) in [6.45, 7) is 8.90. The van der Waals surface area contributed by atoms with Gasteiger partial charge in [0.25, 0.3) is 11.5 Å². The molecule has 1 amide bonds. The van der Waals surface area contributed by atoms with Crippen LogP contribution in [0.1, 0.15) is 57.4 Å². The molecule has 2 aromatic rings. The van der Waals surface area contributed by atoms with Crippen molar-refractivity contribution in [3.05, 3.63) is 40.3 Å². The Hall–Kier alpha value is -1.92. The molecule has 7 heteroatoms. The first kappa shape index (κ1) is 23.1. The number of hydrogen-bond donors (Lipinski definition) is 2. The topological polar surface area (TPSA) is 90.0 Å². The molecule has 2 rings (SSSR count). The summed E-state index contributed by atoms with van der Waals surface area (Å²) in [6, 6.07) is 7.13. The summed E-state index contributed by atoms with van der Waals surface area (Å²) in [5.41, 5.74) is 5.47. The zero-order chi connectivity index (χ0) is 19.3. The van der Waals surface area contributed by atoms with Gasteiger partial charge in [-0.3, -0.25) is 9.59 Å². The zero-order valence-corrected chi connectivity index (χ0v) is 17.4. The molecule has 150 valence electrons. The summed E-state index contributed by atoms with van der Waals surface area (Å²) in [5.74, 6) is -0.134. The lowest BCUT2D eigenvalue weighted by Crippen LogP contribution is -2.55. The van der Waals surface area contributed by atoms with Crippen molar-refractivity contribution in [3.63, 3.8) is 0 Å². The third kappa shape index (κ3) is 5.08. The van der Waals surface area contributed by atoms with Crippen LogP contribution in [0.5, 0.6) is 0 Å². The van der Waals surface area contributed by atoms with E-state index in [-0.39, 0.29) is 35.5 Å². The van der Waals surface area contributed by atoms with E-state index in [0.29, 0.717) is 23.9 Å². The second kappa shape index (κ2) is 9.85. The van der Waals surface area contributed by atoms with E-state index in [0.717, 1.165) is 19.3 Å². The second-order valence-corrected chi connectivity index (χ2v) is 7.36. The Kier molecular flexibility index (Phi) is 8.44. The molecule has 0 radical (unpaired) electrons. The molecule has 0 saturated carbocycles. The average Bonchev–Trinajstić information content (AvgIpc) is 2.63. The molecule has 3 N–H and O–H groups in total. The van der Waals surface area contributed by atoms with Crippen LogP contribution in [0.3, 0.4) is 0 Å². The number of carbonyl (C=O) groups excluding carboxylic acids is 1. The predicted octanol–water partition coefficient (Wildman–Crippen LogP) is 3.11. The van der Waals surface area contributed by atoms with E-state index in [2.05, 4.69) is 17.3 Å². The number of nitrogens with zero attached hydrogens (tertiary/aromatic N) is 2. The van der Waals surface area contributed by atoms with Gasteiger partial charge < -0.3 is 11.1 Å². The minimum Gasteiger partial charge on any atom is -0.344 e. The van der Waals surface area contributed by atoms with Crippen molar-refractivity contribution in [2.45, 2.75) is 59.0 Å². The molecule has 0 aliphatic carbocycles. The number of aryl methyl sites for hydroxylation is 1. The Balaban J connectivity index is 0.00000364. The second-order valence-electron chi connectivity index (χ2n) is 7.36. The summed E-state index contributed by atoms with van der Waals surface area (Å²) >= 11 is 0. The lowest BCUT2D eigenvalue weighted by molar-refractivity contribution is 0.0877. The van der Waals surface area contributed by atoms with Crippen LogP contribution >= 0.6 is 12.4 Å². The van der Waals surface area contributed by atoms with Crippen molar-refractivity contribution in [1.82, 2.24) is 15.1 Å². The maximum absolute atomic E-state index is 13.0. The molecular weight excluding hydrogens is 364 g/mol. The zero-order valence-electron chi connectivity index (χ0n) is 16.6. The number of benzene rings is 1. The number of halogens is 1. The third-order valence-corrected chi connectivity index (χ3v) is 5.15. The molecule has 1 aromatic carbocycles. The fourth-order valence-electron chi connectivity index (χ4n) is 2.82. The molecule has 0 aliphatic rings. The standard InChI is InChI=1S/C20H30N4O2.ClH/c1-5-6-9-12-24-19(26)16-11-8-7-10-15(16)17(23-24)18(25)22-20(4,13-21)14(2)3;/h7-8,10-11,14H,5-6,9,12-13,21H2,1-4H3,(H,22,25);1H. The van der Waals surface area contributed by atoms with Gasteiger partial charge in [-0.1, -0.05) is 51.8 Å². The van der Waals surface area contributed by atoms with Gasteiger partial charge in [-0.2, -0.15) is 5.10 Å². The molecule has 0 spiro atoms. The monoisotopic (exact) mass is 394 g/mol. The SMILES string of the molecule is CCCCCn1nc(C(=O)NC(C)(CN)C(C)C)c2ccccc2c1=O.Cl. The molecule has 0 aliphatic heterocycles. The molecule has 6 nitrogen and oxygen atoms in total. The van der Waals surface area contributed by atoms with Crippen LogP contribution < -0.4 is 16.6 Å². The Bertz CT molecular complexity index is 834. The van der Waals surface area contributed by atoms with Crippen LogP contribution in [0.2, 0.25) is 0 Å². The van der Waals surface area contributed by atoms with Gasteiger partial charge in [0.05, 0.1) is 10.9 Å². The Labute approximate surface area is 166 Å². The summed E-state index contributed by atoms with van der Waals surface area (Å²) in [6.07, 6.45) is 2.93. The fourth-order valence-corrected chi connectivity index (χ4v) is 2.82. The third-order valence-electron chi connectivity index (χ3n) is 5.15. The number of nitrogens with two attached hydrogens (primary N) is 1. The van der Waals surface area contributed by atoms with Gasteiger partial charge in [-0.15, -0.1) is 12.4 Å². The Morgan fingerprint density at radius 1 is 1.26 bits per heavy atom. The summed E-state index contributed by atoms with van der Waals surface area (Å²) in [7, 11) is 0. The van der Waals surface area contributed by atoms with Gasteiger partial charge in [-0.05, 0) is 25.3 Å². The lowest BCUT2D eigenvalue weighted by Gasteiger charge is -2.33. The Morgan fingerprint density at radius 3 is 2.44 bits per heavy atom. The van der Waals surface area contributed by atoms with Crippen molar-refractivity contribution in [2.24, 2.45) is 11.7 Å². The molecule has 1 heterocycles. The van der Waals surface area contributed by atoms with Gasteiger partial charge in [0.15, 0.2) is 5.69 Å². The molecule has 0 saturated heterocycles. The van der Waals surface area contributed by atoms with E-state index in [1.807, 2.05) is 26.8 Å². The largest absolute Gasteiger partial charge is 0.344 e. The molecule has 1 atom stereocenters. The van der Waals surface area contributed by atoms with E-state index >= 15 is 0 Å². The summed E-state index contributed by atoms with van der Waals surface area (Å²) in [4.78, 5) is 25.7. The molecule has 0 bridgehead atoms. The number of fused-ring (bicyclic) bond motifs is 1. The number of rotatable bonds is 8. The number of nitrogens with one attached hydrogen (secondary N) is 1. The highest BCUT2D eigenvalue weighted by molar-refractivity contribution is 6.05. The van der Waals surface area contributed by atoms with E-state index < -0.39 is 5.54 Å². The van der Waals surface area contributed by atoms with Crippen LogP contribution in [0.25, 0.3) is 10.8 Å². The Morgan fingerprint density at radius 2 is 1.89 bits per heavy atom. The molecular formula is C20H31ClN4O2. The fraction of sp³-hybridized carbons (Fsp3) is 0.550. The van der Waals surface area contributed by atoms with Gasteiger partial charge in [0, 0.05) is 18.5 Å². The average molecular weight is 395 g/mol. The number of carbonyl (C=O) groups is 1. The van der Waals surface area contributed by atoms with Gasteiger partial charge in [0.2, 0.25) is 0 Å². The lowest BCUT2D eigenvalue weighted by atomic mass is 9.88. The van der Waals surface area contributed by atoms with Crippen molar-refractivity contribution in [3.8, 4) is 0 Å². The van der Waals surface area contributed by atoms with E-state index in [1.165, 1.54) is 4.68 Å². The van der Waals surface area contributed by atoms with Crippen LogP contribution in [0.15, 0.2) is 29.1 Å². The quantitative estimate of drug-likeness (QED) is 0.673.